The van der Waals surface area contributed by atoms with Gasteiger partial charge < -0.3 is 5.32 Å². The van der Waals surface area contributed by atoms with Gasteiger partial charge in [-0.2, -0.15) is 0 Å². The van der Waals surface area contributed by atoms with Gasteiger partial charge in [0, 0.05) is 17.8 Å². The molecule has 0 unspecified atom stereocenters. The fourth-order valence-corrected chi connectivity index (χ4v) is 3.86. The summed E-state index contributed by atoms with van der Waals surface area (Å²) >= 11 is 1.79. The Hall–Kier alpha value is -1.87. The van der Waals surface area contributed by atoms with Crippen molar-refractivity contribution < 1.29 is 0 Å². The molecular weight excluding hydrogens is 264 g/mol. The molecule has 0 saturated carbocycles. The third-order valence-electron chi connectivity index (χ3n) is 3.87. The van der Waals surface area contributed by atoms with Gasteiger partial charge in [0.15, 0.2) is 0 Å². The largest absolute Gasteiger partial charge is 0.385 e. The first-order valence-electron chi connectivity index (χ1n) is 7.04. The molecule has 100 valence electrons. The summed E-state index contributed by atoms with van der Waals surface area (Å²) in [6.45, 7) is 3.20. The first kappa shape index (κ1) is 11.9. The Labute approximate surface area is 122 Å². The number of aromatic nitrogens is 1. The molecule has 2 aromatic carbocycles. The van der Waals surface area contributed by atoms with Gasteiger partial charge in [0.25, 0.3) is 0 Å². The van der Waals surface area contributed by atoms with Crippen molar-refractivity contribution in [2.24, 2.45) is 0 Å². The van der Waals surface area contributed by atoms with E-state index < -0.39 is 0 Å². The highest BCUT2D eigenvalue weighted by Crippen LogP contribution is 2.36. The maximum Gasteiger partial charge on any atom is 0.124 e. The third kappa shape index (κ3) is 1.90. The molecule has 4 rings (SSSR count). The number of aryl methyl sites for hydroxylation is 1. The van der Waals surface area contributed by atoms with Crippen molar-refractivity contribution in [3.8, 4) is 10.6 Å². The van der Waals surface area contributed by atoms with Gasteiger partial charge in [-0.15, -0.1) is 11.3 Å². The summed E-state index contributed by atoms with van der Waals surface area (Å²) in [4.78, 5) is 4.84. The van der Waals surface area contributed by atoms with E-state index in [2.05, 4.69) is 48.6 Å². The molecule has 0 aliphatic carbocycles. The van der Waals surface area contributed by atoms with E-state index in [0.717, 1.165) is 23.5 Å². The number of anilines is 1. The van der Waals surface area contributed by atoms with Gasteiger partial charge in [-0.1, -0.05) is 18.2 Å². The average molecular weight is 280 g/mol. The van der Waals surface area contributed by atoms with Crippen molar-refractivity contribution in [2.45, 2.75) is 19.8 Å². The highest BCUT2D eigenvalue weighted by molar-refractivity contribution is 7.21. The molecular formula is C17H16N2S. The summed E-state index contributed by atoms with van der Waals surface area (Å²) < 4.78 is 1.27. The molecule has 1 aromatic heterocycles. The third-order valence-corrected chi connectivity index (χ3v) is 4.94. The van der Waals surface area contributed by atoms with Crippen LogP contribution in [0.1, 0.15) is 17.5 Å². The lowest BCUT2D eigenvalue weighted by Crippen LogP contribution is -2.12. The predicted molar refractivity (Wildman–Crippen MR) is 86.6 cm³/mol. The van der Waals surface area contributed by atoms with Gasteiger partial charge in [0.1, 0.15) is 5.01 Å². The molecule has 0 atom stereocenters. The summed E-state index contributed by atoms with van der Waals surface area (Å²) in [5.41, 5.74) is 6.39. The molecule has 20 heavy (non-hydrogen) atoms. The van der Waals surface area contributed by atoms with Crippen LogP contribution in [0.3, 0.4) is 0 Å². The molecule has 0 spiro atoms. The van der Waals surface area contributed by atoms with E-state index in [4.69, 9.17) is 4.98 Å². The van der Waals surface area contributed by atoms with Gasteiger partial charge in [-0.25, -0.2) is 4.98 Å². The molecule has 2 heterocycles. The van der Waals surface area contributed by atoms with Crippen molar-refractivity contribution in [3.05, 3.63) is 47.5 Å². The zero-order chi connectivity index (χ0) is 13.5. The Kier molecular flexibility index (Phi) is 2.74. The summed E-state index contributed by atoms with van der Waals surface area (Å²) in [7, 11) is 0. The minimum atomic E-state index is 1.08. The number of hydrogen-bond acceptors (Lipinski definition) is 3. The van der Waals surface area contributed by atoms with Crippen LogP contribution in [0.5, 0.6) is 0 Å². The van der Waals surface area contributed by atoms with Crippen LogP contribution in [0.2, 0.25) is 0 Å². The maximum atomic E-state index is 4.84. The van der Waals surface area contributed by atoms with Crippen LogP contribution in [0.15, 0.2) is 36.4 Å². The normalized spacial score (nSPS) is 14.1. The van der Waals surface area contributed by atoms with Crippen molar-refractivity contribution in [1.82, 2.24) is 4.98 Å². The fraction of sp³-hybridized carbons (Fsp3) is 0.235. The standard InChI is InChI=1S/C17H16N2S/c1-11-7-8-16-15(10-11)19-17(20-16)13-4-2-6-14-12(13)5-3-9-18-14/h2,4,6-8,10,18H,3,5,9H2,1H3. The number of rotatable bonds is 1. The molecule has 0 bridgehead atoms. The van der Waals surface area contributed by atoms with E-state index in [9.17, 15) is 0 Å². The zero-order valence-corrected chi connectivity index (χ0v) is 12.3. The topological polar surface area (TPSA) is 24.9 Å². The van der Waals surface area contributed by atoms with Gasteiger partial charge in [-0.05, 0) is 49.1 Å². The summed E-state index contributed by atoms with van der Waals surface area (Å²) in [6.07, 6.45) is 2.35. The summed E-state index contributed by atoms with van der Waals surface area (Å²) in [6, 6.07) is 13.0. The molecule has 3 aromatic rings. The van der Waals surface area contributed by atoms with Crippen molar-refractivity contribution >= 4 is 27.2 Å². The van der Waals surface area contributed by atoms with Crippen LogP contribution in [0, 0.1) is 6.92 Å². The lowest BCUT2D eigenvalue weighted by atomic mass is 9.98. The van der Waals surface area contributed by atoms with E-state index in [1.54, 1.807) is 11.3 Å². The van der Waals surface area contributed by atoms with E-state index in [1.807, 2.05) is 0 Å². The minimum absolute atomic E-state index is 1.08. The van der Waals surface area contributed by atoms with Crippen molar-refractivity contribution in [3.63, 3.8) is 0 Å². The predicted octanol–water partition coefficient (Wildman–Crippen LogP) is 4.63. The molecule has 1 aliphatic heterocycles. The molecule has 0 radical (unpaired) electrons. The Bertz CT molecular complexity index is 789. The second-order valence-corrected chi connectivity index (χ2v) is 6.38. The number of benzene rings is 2. The van der Waals surface area contributed by atoms with E-state index in [-0.39, 0.29) is 0 Å². The number of nitrogens with one attached hydrogen (secondary N) is 1. The van der Waals surface area contributed by atoms with Crippen LogP contribution in [0.4, 0.5) is 5.69 Å². The van der Waals surface area contributed by atoms with Crippen LogP contribution < -0.4 is 5.32 Å². The highest BCUT2D eigenvalue weighted by Gasteiger charge is 2.16. The average Bonchev–Trinajstić information content (AvgIpc) is 2.89. The molecule has 0 fully saturated rings. The van der Waals surface area contributed by atoms with Gasteiger partial charge in [-0.3, -0.25) is 0 Å². The Morgan fingerprint density at radius 2 is 2.15 bits per heavy atom. The van der Waals surface area contributed by atoms with Crippen LogP contribution >= 0.6 is 11.3 Å². The quantitative estimate of drug-likeness (QED) is 0.703. The van der Waals surface area contributed by atoms with E-state index in [1.165, 1.54) is 33.5 Å². The smallest absolute Gasteiger partial charge is 0.124 e. The zero-order valence-electron chi connectivity index (χ0n) is 11.4. The summed E-state index contributed by atoms with van der Waals surface area (Å²) in [5, 5.41) is 4.64. The molecule has 0 amide bonds. The second-order valence-electron chi connectivity index (χ2n) is 5.35. The molecule has 2 nitrogen and oxygen atoms in total. The lowest BCUT2D eigenvalue weighted by molar-refractivity contribution is 0.832. The van der Waals surface area contributed by atoms with Gasteiger partial charge in [0.05, 0.1) is 10.2 Å². The van der Waals surface area contributed by atoms with Crippen molar-refractivity contribution in [2.75, 3.05) is 11.9 Å². The minimum Gasteiger partial charge on any atom is -0.385 e. The second kappa shape index (κ2) is 4.60. The molecule has 1 aliphatic rings. The summed E-state index contributed by atoms with van der Waals surface area (Å²) in [5.74, 6) is 0. The first-order chi connectivity index (χ1) is 9.81. The Balaban J connectivity index is 1.90. The molecule has 1 N–H and O–H groups in total. The molecule has 3 heteroatoms. The van der Waals surface area contributed by atoms with E-state index >= 15 is 0 Å². The maximum absolute atomic E-state index is 4.84. The van der Waals surface area contributed by atoms with Gasteiger partial charge >= 0.3 is 0 Å². The Morgan fingerprint density at radius 1 is 1.20 bits per heavy atom. The fourth-order valence-electron chi connectivity index (χ4n) is 2.86. The number of thiazole rings is 1. The lowest BCUT2D eigenvalue weighted by Gasteiger charge is -2.20. The number of hydrogen-bond donors (Lipinski definition) is 1. The van der Waals surface area contributed by atoms with E-state index in [0.29, 0.717) is 0 Å². The van der Waals surface area contributed by atoms with Crippen LogP contribution in [-0.2, 0) is 6.42 Å². The number of nitrogens with zero attached hydrogens (tertiary/aromatic N) is 1. The molecule has 0 saturated heterocycles. The SMILES string of the molecule is Cc1ccc2sc(-c3cccc4c3CCCN4)nc2c1. The first-order valence-corrected chi connectivity index (χ1v) is 7.86. The monoisotopic (exact) mass is 280 g/mol. The number of fused-ring (bicyclic) bond motifs is 2. The van der Waals surface area contributed by atoms with Crippen LogP contribution in [-0.4, -0.2) is 11.5 Å². The van der Waals surface area contributed by atoms with Crippen molar-refractivity contribution in [1.29, 1.82) is 0 Å². The highest BCUT2D eigenvalue weighted by atomic mass is 32.1. The Morgan fingerprint density at radius 3 is 3.10 bits per heavy atom. The van der Waals surface area contributed by atoms with Gasteiger partial charge in [0.2, 0.25) is 0 Å². The van der Waals surface area contributed by atoms with Crippen LogP contribution in [0.25, 0.3) is 20.8 Å².